The Labute approximate surface area is 88.5 Å². The largest absolute Gasteiger partial charge is 0.316 e. The molecule has 0 saturated carbocycles. The van der Waals surface area contributed by atoms with Crippen LogP contribution in [0.15, 0.2) is 18.2 Å². The third kappa shape index (κ3) is 2.23. The molecule has 0 spiro atoms. The number of carbonyl (C=O) groups is 1. The highest BCUT2D eigenvalue weighted by atomic mass is 19.1. The number of rotatable bonds is 3. The van der Waals surface area contributed by atoms with Crippen molar-refractivity contribution in [2.75, 3.05) is 13.1 Å². The lowest BCUT2D eigenvalue weighted by Crippen LogP contribution is -2.42. The van der Waals surface area contributed by atoms with Crippen LogP contribution in [0.25, 0.3) is 0 Å². The molecule has 1 aliphatic rings. The van der Waals surface area contributed by atoms with E-state index in [1.165, 1.54) is 6.07 Å². The summed E-state index contributed by atoms with van der Waals surface area (Å²) in [6.45, 7) is 3.50. The number of carbonyl (C=O) groups excluding carboxylic acids is 1. The Bertz CT molecular complexity index is 385. The fraction of sp³-hybridized carbons (Fsp3) is 0.417. The monoisotopic (exact) mass is 207 g/mol. The fourth-order valence-electron chi connectivity index (χ4n) is 1.64. The highest BCUT2D eigenvalue weighted by molar-refractivity contribution is 5.96. The molecular weight excluding hydrogens is 193 g/mol. The van der Waals surface area contributed by atoms with E-state index in [1.54, 1.807) is 19.1 Å². The molecule has 0 bridgehead atoms. The van der Waals surface area contributed by atoms with Crippen molar-refractivity contribution in [2.45, 2.75) is 13.3 Å². The summed E-state index contributed by atoms with van der Waals surface area (Å²) in [5, 5.41) is 3.11. The van der Waals surface area contributed by atoms with Gasteiger partial charge in [-0.05, 0) is 37.6 Å². The Hall–Kier alpha value is -1.22. The van der Waals surface area contributed by atoms with Crippen molar-refractivity contribution in [3.63, 3.8) is 0 Å². The van der Waals surface area contributed by atoms with E-state index in [4.69, 9.17) is 0 Å². The zero-order chi connectivity index (χ0) is 10.8. The van der Waals surface area contributed by atoms with Crippen LogP contribution < -0.4 is 5.32 Å². The normalized spacial score (nSPS) is 16.1. The predicted molar refractivity (Wildman–Crippen MR) is 56.4 cm³/mol. The number of hydrogen-bond donors (Lipinski definition) is 1. The van der Waals surface area contributed by atoms with Gasteiger partial charge in [0.25, 0.3) is 0 Å². The third-order valence-electron chi connectivity index (χ3n) is 2.83. The van der Waals surface area contributed by atoms with E-state index in [1.807, 2.05) is 0 Å². The summed E-state index contributed by atoms with van der Waals surface area (Å²) in [4.78, 5) is 11.7. The van der Waals surface area contributed by atoms with E-state index in [-0.39, 0.29) is 11.6 Å². The molecule has 0 aliphatic carbocycles. The molecule has 1 heterocycles. The fourth-order valence-corrected chi connectivity index (χ4v) is 1.64. The quantitative estimate of drug-likeness (QED) is 0.767. The van der Waals surface area contributed by atoms with Crippen molar-refractivity contribution in [1.82, 2.24) is 5.32 Å². The molecule has 0 unspecified atom stereocenters. The van der Waals surface area contributed by atoms with Crippen LogP contribution in [0, 0.1) is 18.7 Å². The van der Waals surface area contributed by atoms with Gasteiger partial charge in [0.2, 0.25) is 0 Å². The van der Waals surface area contributed by atoms with Crippen LogP contribution in [0.4, 0.5) is 4.39 Å². The van der Waals surface area contributed by atoms with Gasteiger partial charge in [0.05, 0.1) is 0 Å². The minimum atomic E-state index is -0.299. The molecule has 1 fully saturated rings. The van der Waals surface area contributed by atoms with E-state index in [9.17, 15) is 9.18 Å². The van der Waals surface area contributed by atoms with Crippen molar-refractivity contribution >= 4 is 5.78 Å². The summed E-state index contributed by atoms with van der Waals surface area (Å²) in [6, 6.07) is 4.69. The molecule has 1 aliphatic heterocycles. The molecule has 1 aromatic carbocycles. The molecular formula is C12H14FNO. The summed E-state index contributed by atoms with van der Waals surface area (Å²) in [6.07, 6.45) is 0.523. The molecule has 1 aromatic rings. The van der Waals surface area contributed by atoms with Gasteiger partial charge in [-0.2, -0.15) is 0 Å². The number of halogens is 1. The molecule has 2 nitrogen and oxygen atoms in total. The Morgan fingerprint density at radius 3 is 2.80 bits per heavy atom. The van der Waals surface area contributed by atoms with Crippen LogP contribution >= 0.6 is 0 Å². The van der Waals surface area contributed by atoms with Crippen LogP contribution in [0.1, 0.15) is 22.3 Å². The maximum Gasteiger partial charge on any atom is 0.163 e. The lowest BCUT2D eigenvalue weighted by atomic mass is 9.93. The Kier molecular flexibility index (Phi) is 2.82. The molecule has 1 N–H and O–H groups in total. The second-order valence-corrected chi connectivity index (χ2v) is 4.12. The maximum atomic E-state index is 13.2. The predicted octanol–water partition coefficient (Wildman–Crippen LogP) is 1.93. The average Bonchev–Trinajstić information content (AvgIpc) is 2.15. The summed E-state index contributed by atoms with van der Waals surface area (Å²) in [5.41, 5.74) is 1.07. The molecule has 80 valence electrons. The van der Waals surface area contributed by atoms with E-state index >= 15 is 0 Å². The smallest absolute Gasteiger partial charge is 0.163 e. The first-order valence-electron chi connectivity index (χ1n) is 5.17. The third-order valence-corrected chi connectivity index (χ3v) is 2.83. The summed E-state index contributed by atoms with van der Waals surface area (Å²) in [5.74, 6) is 0.176. The van der Waals surface area contributed by atoms with Gasteiger partial charge in [0.1, 0.15) is 5.82 Å². The highest BCUT2D eigenvalue weighted by Gasteiger charge is 2.21. The molecule has 3 heteroatoms. The first kappa shape index (κ1) is 10.3. The molecule has 0 atom stereocenters. The van der Waals surface area contributed by atoms with Crippen molar-refractivity contribution < 1.29 is 9.18 Å². The lowest BCUT2D eigenvalue weighted by molar-refractivity contribution is 0.0945. The average molecular weight is 207 g/mol. The minimum Gasteiger partial charge on any atom is -0.316 e. The van der Waals surface area contributed by atoms with Crippen molar-refractivity contribution in [1.29, 1.82) is 0 Å². The van der Waals surface area contributed by atoms with Crippen molar-refractivity contribution in [2.24, 2.45) is 5.92 Å². The van der Waals surface area contributed by atoms with Crippen LogP contribution in [-0.4, -0.2) is 18.9 Å². The highest BCUT2D eigenvalue weighted by Crippen LogP contribution is 2.15. The van der Waals surface area contributed by atoms with Crippen LogP contribution in [0.3, 0.4) is 0 Å². The Morgan fingerprint density at radius 2 is 2.27 bits per heavy atom. The van der Waals surface area contributed by atoms with Gasteiger partial charge in [-0.15, -0.1) is 0 Å². The number of aryl methyl sites for hydroxylation is 1. The van der Waals surface area contributed by atoms with E-state index in [0.29, 0.717) is 23.5 Å². The molecule has 15 heavy (non-hydrogen) atoms. The molecule has 0 amide bonds. The van der Waals surface area contributed by atoms with Crippen LogP contribution in [0.2, 0.25) is 0 Å². The van der Waals surface area contributed by atoms with Gasteiger partial charge in [0.15, 0.2) is 5.78 Å². The standard InChI is InChI=1S/C12H14FNO/c1-8-2-3-10(5-11(8)13)12(15)4-9-6-14-7-9/h2-3,5,9,14H,4,6-7H2,1H3. The minimum absolute atomic E-state index is 0.0420. The van der Waals surface area contributed by atoms with Gasteiger partial charge >= 0.3 is 0 Å². The van der Waals surface area contributed by atoms with Crippen LogP contribution in [-0.2, 0) is 0 Å². The maximum absolute atomic E-state index is 13.2. The van der Waals surface area contributed by atoms with Gasteiger partial charge < -0.3 is 5.32 Å². The molecule has 0 radical (unpaired) electrons. The van der Waals surface area contributed by atoms with Gasteiger partial charge in [-0.1, -0.05) is 12.1 Å². The zero-order valence-electron chi connectivity index (χ0n) is 8.72. The number of benzene rings is 1. The van der Waals surface area contributed by atoms with Crippen molar-refractivity contribution in [3.8, 4) is 0 Å². The Morgan fingerprint density at radius 1 is 1.53 bits per heavy atom. The van der Waals surface area contributed by atoms with Crippen LogP contribution in [0.5, 0.6) is 0 Å². The summed E-state index contributed by atoms with van der Waals surface area (Å²) in [7, 11) is 0. The topological polar surface area (TPSA) is 29.1 Å². The summed E-state index contributed by atoms with van der Waals surface area (Å²) < 4.78 is 13.2. The van der Waals surface area contributed by atoms with Gasteiger partial charge in [-0.25, -0.2) is 4.39 Å². The number of nitrogens with one attached hydrogen (secondary N) is 1. The van der Waals surface area contributed by atoms with E-state index < -0.39 is 0 Å². The summed E-state index contributed by atoms with van der Waals surface area (Å²) >= 11 is 0. The van der Waals surface area contributed by atoms with E-state index in [0.717, 1.165) is 13.1 Å². The van der Waals surface area contributed by atoms with E-state index in [2.05, 4.69) is 5.32 Å². The Balaban J connectivity index is 2.07. The SMILES string of the molecule is Cc1ccc(C(=O)CC2CNC2)cc1F. The molecule has 0 aromatic heterocycles. The van der Waals surface area contributed by atoms with Gasteiger partial charge in [0, 0.05) is 12.0 Å². The number of hydrogen-bond acceptors (Lipinski definition) is 2. The van der Waals surface area contributed by atoms with Gasteiger partial charge in [-0.3, -0.25) is 4.79 Å². The number of ketones is 1. The number of Topliss-reactive ketones (excluding diaryl/α,β-unsaturated/α-hetero) is 1. The zero-order valence-corrected chi connectivity index (χ0v) is 8.72. The molecule has 1 saturated heterocycles. The van der Waals surface area contributed by atoms with Crippen molar-refractivity contribution in [3.05, 3.63) is 35.1 Å². The molecule has 2 rings (SSSR count). The first-order valence-corrected chi connectivity index (χ1v) is 5.17. The lowest BCUT2D eigenvalue weighted by Gasteiger charge is -2.26. The first-order chi connectivity index (χ1) is 7.16. The second-order valence-electron chi connectivity index (χ2n) is 4.12. The second kappa shape index (κ2) is 4.11.